The van der Waals surface area contributed by atoms with E-state index in [1.807, 2.05) is 43.5 Å². The van der Waals surface area contributed by atoms with Gasteiger partial charge in [-0.15, -0.1) is 6.58 Å². The Hall–Kier alpha value is -2.67. The van der Waals surface area contributed by atoms with Gasteiger partial charge in [-0.25, -0.2) is 0 Å². The van der Waals surface area contributed by atoms with E-state index >= 15 is 0 Å². The molecular formula is C19H22N4O2S. The summed E-state index contributed by atoms with van der Waals surface area (Å²) in [5.41, 5.74) is 2.31. The molecule has 0 spiro atoms. The van der Waals surface area contributed by atoms with Gasteiger partial charge in [-0.2, -0.15) is 10.1 Å². The summed E-state index contributed by atoms with van der Waals surface area (Å²) in [6.07, 6.45) is 1.80. The molecule has 0 fully saturated rings. The summed E-state index contributed by atoms with van der Waals surface area (Å²) in [4.78, 5) is 17.7. The second kappa shape index (κ2) is 7.70. The van der Waals surface area contributed by atoms with E-state index in [0.29, 0.717) is 30.2 Å². The zero-order valence-corrected chi connectivity index (χ0v) is 16.0. The highest BCUT2D eigenvalue weighted by molar-refractivity contribution is 7.16. The van der Waals surface area contributed by atoms with Gasteiger partial charge in [0.25, 0.3) is 5.91 Å². The standard InChI is InChI=1S/C19H22N4O2S/c1-5-10-22-15-9-8-14(25-7-3)12-17(15)26-19(22)20-18(24)16-11-13(4)21-23(16)6-2/h5,8-9,11-12H,1,6-7,10H2,2-4H3. The Morgan fingerprint density at radius 2 is 2.19 bits per heavy atom. The van der Waals surface area contributed by atoms with Crippen LogP contribution < -0.4 is 9.54 Å². The van der Waals surface area contributed by atoms with Crippen LogP contribution in [0.2, 0.25) is 0 Å². The molecule has 0 aliphatic heterocycles. The Kier molecular flexibility index (Phi) is 5.37. The van der Waals surface area contributed by atoms with E-state index in [4.69, 9.17) is 4.74 Å². The van der Waals surface area contributed by atoms with Crippen LogP contribution in [0, 0.1) is 6.92 Å². The van der Waals surface area contributed by atoms with Crippen molar-refractivity contribution >= 4 is 27.5 Å². The number of nitrogens with zero attached hydrogens (tertiary/aromatic N) is 4. The lowest BCUT2D eigenvalue weighted by Crippen LogP contribution is -2.17. The fraction of sp³-hybridized carbons (Fsp3) is 0.316. The zero-order valence-electron chi connectivity index (χ0n) is 15.2. The lowest BCUT2D eigenvalue weighted by atomic mass is 10.3. The maximum Gasteiger partial charge on any atom is 0.297 e. The van der Waals surface area contributed by atoms with Crippen molar-refractivity contribution in [3.8, 4) is 5.75 Å². The normalized spacial score (nSPS) is 11.9. The van der Waals surface area contributed by atoms with E-state index < -0.39 is 0 Å². The molecule has 0 aliphatic rings. The van der Waals surface area contributed by atoms with Crippen LogP contribution in [-0.4, -0.2) is 26.9 Å². The number of aromatic nitrogens is 3. The smallest absolute Gasteiger partial charge is 0.297 e. The molecule has 2 aromatic heterocycles. The lowest BCUT2D eigenvalue weighted by molar-refractivity contribution is 0.0987. The summed E-state index contributed by atoms with van der Waals surface area (Å²) in [7, 11) is 0. The number of ether oxygens (including phenoxy) is 1. The van der Waals surface area contributed by atoms with Gasteiger partial charge in [-0.05, 0) is 45.0 Å². The molecule has 1 aromatic carbocycles. The minimum Gasteiger partial charge on any atom is -0.494 e. The van der Waals surface area contributed by atoms with Crippen LogP contribution in [0.4, 0.5) is 0 Å². The summed E-state index contributed by atoms with van der Waals surface area (Å²) in [5, 5.41) is 4.33. The number of rotatable bonds is 6. The summed E-state index contributed by atoms with van der Waals surface area (Å²) in [6.45, 7) is 11.4. The topological polar surface area (TPSA) is 61.4 Å². The van der Waals surface area contributed by atoms with E-state index in [9.17, 15) is 4.79 Å². The van der Waals surface area contributed by atoms with Crippen LogP contribution >= 0.6 is 11.3 Å². The van der Waals surface area contributed by atoms with Gasteiger partial charge in [0.05, 0.1) is 22.5 Å². The second-order valence-corrected chi connectivity index (χ2v) is 6.76. The van der Waals surface area contributed by atoms with Gasteiger partial charge in [0.2, 0.25) is 0 Å². The predicted octanol–water partition coefficient (Wildman–Crippen LogP) is 3.55. The molecule has 0 saturated carbocycles. The van der Waals surface area contributed by atoms with Gasteiger partial charge >= 0.3 is 0 Å². The van der Waals surface area contributed by atoms with Crippen LogP contribution in [-0.2, 0) is 13.1 Å². The third kappa shape index (κ3) is 3.48. The average molecular weight is 370 g/mol. The van der Waals surface area contributed by atoms with Gasteiger partial charge in [0, 0.05) is 13.1 Å². The molecule has 26 heavy (non-hydrogen) atoms. The first kappa shape index (κ1) is 18.1. The van der Waals surface area contributed by atoms with Crippen molar-refractivity contribution in [1.29, 1.82) is 0 Å². The van der Waals surface area contributed by atoms with Crippen molar-refractivity contribution < 1.29 is 9.53 Å². The summed E-state index contributed by atoms with van der Waals surface area (Å²) >= 11 is 1.47. The predicted molar refractivity (Wildman–Crippen MR) is 104 cm³/mol. The third-order valence-electron chi connectivity index (χ3n) is 3.89. The second-order valence-electron chi connectivity index (χ2n) is 5.75. The minimum atomic E-state index is -0.290. The number of benzene rings is 1. The molecule has 6 nitrogen and oxygen atoms in total. The quantitative estimate of drug-likeness (QED) is 0.624. The highest BCUT2D eigenvalue weighted by Crippen LogP contribution is 2.23. The van der Waals surface area contributed by atoms with Gasteiger partial charge in [-0.3, -0.25) is 9.48 Å². The van der Waals surface area contributed by atoms with Crippen LogP contribution in [0.15, 0.2) is 41.9 Å². The Balaban J connectivity index is 2.12. The van der Waals surface area contributed by atoms with Crippen molar-refractivity contribution in [2.24, 2.45) is 4.99 Å². The van der Waals surface area contributed by atoms with Gasteiger partial charge in [0.15, 0.2) is 4.80 Å². The van der Waals surface area contributed by atoms with Crippen molar-refractivity contribution in [2.75, 3.05) is 6.61 Å². The molecule has 3 aromatic rings. The fourth-order valence-corrected chi connectivity index (χ4v) is 3.87. The monoisotopic (exact) mass is 370 g/mol. The molecule has 0 saturated heterocycles. The molecule has 0 bridgehead atoms. The first-order valence-electron chi connectivity index (χ1n) is 8.58. The molecule has 0 aliphatic carbocycles. The number of aryl methyl sites for hydroxylation is 2. The van der Waals surface area contributed by atoms with Crippen molar-refractivity contribution in [2.45, 2.75) is 33.9 Å². The first-order valence-corrected chi connectivity index (χ1v) is 9.39. The average Bonchev–Trinajstić information content (AvgIpc) is 3.16. The number of amides is 1. The van der Waals surface area contributed by atoms with Crippen molar-refractivity contribution in [3.05, 3.63) is 53.1 Å². The Bertz CT molecular complexity index is 1030. The van der Waals surface area contributed by atoms with Gasteiger partial charge in [0.1, 0.15) is 11.4 Å². The van der Waals surface area contributed by atoms with E-state index in [1.165, 1.54) is 11.3 Å². The number of hydrogen-bond donors (Lipinski definition) is 0. The van der Waals surface area contributed by atoms with E-state index in [2.05, 4.69) is 16.7 Å². The molecule has 1 amide bonds. The van der Waals surface area contributed by atoms with Crippen molar-refractivity contribution in [1.82, 2.24) is 14.3 Å². The number of fused-ring (bicyclic) bond motifs is 1. The van der Waals surface area contributed by atoms with Gasteiger partial charge < -0.3 is 9.30 Å². The van der Waals surface area contributed by atoms with Crippen LogP contribution in [0.5, 0.6) is 5.75 Å². The van der Waals surface area contributed by atoms with Crippen LogP contribution in [0.25, 0.3) is 10.2 Å². The summed E-state index contributed by atoms with van der Waals surface area (Å²) in [5.74, 6) is 0.520. The highest BCUT2D eigenvalue weighted by Gasteiger charge is 2.14. The number of allylic oxidation sites excluding steroid dienone is 1. The first-order chi connectivity index (χ1) is 12.6. The maximum atomic E-state index is 12.7. The number of carbonyl (C=O) groups is 1. The Labute approximate surface area is 156 Å². The highest BCUT2D eigenvalue weighted by atomic mass is 32.1. The zero-order chi connectivity index (χ0) is 18.7. The number of thiazole rings is 1. The molecule has 0 radical (unpaired) electrons. The molecular weight excluding hydrogens is 348 g/mol. The number of carbonyl (C=O) groups excluding carboxylic acids is 1. The third-order valence-corrected chi connectivity index (χ3v) is 4.94. The van der Waals surface area contributed by atoms with Crippen molar-refractivity contribution in [3.63, 3.8) is 0 Å². The largest absolute Gasteiger partial charge is 0.494 e. The van der Waals surface area contributed by atoms with Gasteiger partial charge in [-0.1, -0.05) is 17.4 Å². The van der Waals surface area contributed by atoms with Crippen LogP contribution in [0.3, 0.4) is 0 Å². The summed E-state index contributed by atoms with van der Waals surface area (Å²) in [6, 6.07) is 7.67. The van der Waals surface area contributed by atoms with E-state index in [0.717, 1.165) is 21.7 Å². The minimum absolute atomic E-state index is 0.290. The SMILES string of the molecule is C=CCn1c(=NC(=O)c2cc(C)nn2CC)sc2cc(OCC)ccc21. The van der Waals surface area contributed by atoms with Crippen LogP contribution in [0.1, 0.15) is 30.0 Å². The maximum absolute atomic E-state index is 12.7. The number of hydrogen-bond acceptors (Lipinski definition) is 4. The lowest BCUT2D eigenvalue weighted by Gasteiger charge is -2.04. The Morgan fingerprint density at radius 3 is 2.88 bits per heavy atom. The Morgan fingerprint density at radius 1 is 1.38 bits per heavy atom. The molecule has 0 atom stereocenters. The molecule has 136 valence electrons. The molecule has 3 rings (SSSR count). The molecule has 7 heteroatoms. The fourth-order valence-electron chi connectivity index (χ4n) is 2.80. The molecule has 0 unspecified atom stereocenters. The molecule has 2 heterocycles. The van der Waals surface area contributed by atoms with E-state index in [-0.39, 0.29) is 5.91 Å². The molecule has 0 N–H and O–H groups in total. The summed E-state index contributed by atoms with van der Waals surface area (Å²) < 4.78 is 10.3. The van der Waals surface area contributed by atoms with E-state index in [1.54, 1.807) is 16.8 Å².